The van der Waals surface area contributed by atoms with Crippen LogP contribution in [0.5, 0.6) is 11.5 Å². The van der Waals surface area contributed by atoms with Crippen molar-refractivity contribution in [3.05, 3.63) is 88.5 Å². The number of rotatable bonds is 6. The minimum absolute atomic E-state index is 0.0151. The highest BCUT2D eigenvalue weighted by Gasteiger charge is 2.09. The number of nitro benzene ring substituents is 1. The highest BCUT2D eigenvalue weighted by Crippen LogP contribution is 2.22. The van der Waals surface area contributed by atoms with Gasteiger partial charge in [-0.25, -0.2) is 4.79 Å². The summed E-state index contributed by atoms with van der Waals surface area (Å²) < 4.78 is 10.3. The Bertz CT molecular complexity index is 998. The van der Waals surface area contributed by atoms with Gasteiger partial charge in [-0.2, -0.15) is 10.2 Å². The Morgan fingerprint density at radius 2 is 1.32 bits per heavy atom. The monoisotopic (exact) mass is 377 g/mol. The van der Waals surface area contributed by atoms with Gasteiger partial charge in [0.15, 0.2) is 0 Å². The van der Waals surface area contributed by atoms with Crippen molar-refractivity contribution < 1.29 is 19.2 Å². The van der Waals surface area contributed by atoms with Crippen LogP contribution < -0.4 is 9.47 Å². The summed E-state index contributed by atoms with van der Waals surface area (Å²) in [4.78, 5) is 22.3. The molecule has 0 bridgehead atoms. The maximum absolute atomic E-state index is 12.2. The average Bonchev–Trinajstić information content (AvgIpc) is 2.73. The van der Waals surface area contributed by atoms with Crippen LogP contribution in [0.4, 0.5) is 17.1 Å². The Labute approximate surface area is 160 Å². The second kappa shape index (κ2) is 8.54. The maximum atomic E-state index is 12.2. The molecule has 8 nitrogen and oxygen atoms in total. The Morgan fingerprint density at radius 3 is 1.82 bits per heavy atom. The summed E-state index contributed by atoms with van der Waals surface area (Å²) in [5, 5.41) is 18.7. The van der Waals surface area contributed by atoms with E-state index < -0.39 is 10.9 Å². The molecule has 0 saturated carbocycles. The number of esters is 1. The first-order valence-electron chi connectivity index (χ1n) is 8.17. The molecule has 0 radical (unpaired) electrons. The van der Waals surface area contributed by atoms with Crippen LogP contribution in [0, 0.1) is 10.1 Å². The van der Waals surface area contributed by atoms with E-state index in [1.807, 2.05) is 0 Å². The van der Waals surface area contributed by atoms with Crippen molar-refractivity contribution >= 4 is 23.0 Å². The van der Waals surface area contributed by atoms with Crippen molar-refractivity contribution in [1.82, 2.24) is 0 Å². The van der Waals surface area contributed by atoms with Gasteiger partial charge in [-0.3, -0.25) is 10.1 Å². The molecule has 8 heteroatoms. The number of nitrogens with zero attached hydrogens (tertiary/aromatic N) is 3. The highest BCUT2D eigenvalue weighted by atomic mass is 16.6. The lowest BCUT2D eigenvalue weighted by atomic mass is 10.2. The second-order valence-electron chi connectivity index (χ2n) is 5.59. The van der Waals surface area contributed by atoms with Gasteiger partial charge in [-0.15, -0.1) is 0 Å². The van der Waals surface area contributed by atoms with Crippen molar-refractivity contribution in [1.29, 1.82) is 0 Å². The number of benzene rings is 3. The van der Waals surface area contributed by atoms with Crippen molar-refractivity contribution in [2.45, 2.75) is 0 Å². The van der Waals surface area contributed by atoms with Crippen LogP contribution >= 0.6 is 0 Å². The molecule has 0 aliphatic carbocycles. The standard InChI is InChI=1S/C20H15N3O5/c1-27-18-10-12-19(13-11-18)28-20(24)14-2-4-15(5-3-14)21-22-16-6-8-17(9-7-16)23(25)26/h2-13H,1H3. The minimum Gasteiger partial charge on any atom is -0.497 e. The number of hydrogen-bond donors (Lipinski definition) is 0. The van der Waals surface area contributed by atoms with E-state index in [0.29, 0.717) is 28.4 Å². The summed E-state index contributed by atoms with van der Waals surface area (Å²) in [5.41, 5.74) is 1.36. The molecule has 0 atom stereocenters. The molecule has 140 valence electrons. The van der Waals surface area contributed by atoms with Crippen molar-refractivity contribution in [2.24, 2.45) is 10.2 Å². The lowest BCUT2D eigenvalue weighted by Crippen LogP contribution is -2.07. The van der Waals surface area contributed by atoms with E-state index in [0.717, 1.165) is 0 Å². The summed E-state index contributed by atoms with van der Waals surface area (Å²) in [7, 11) is 1.56. The van der Waals surface area contributed by atoms with Gasteiger partial charge in [0.05, 0.1) is 29.0 Å². The third-order valence-corrected chi connectivity index (χ3v) is 3.71. The number of non-ortho nitro benzene ring substituents is 1. The number of hydrogen-bond acceptors (Lipinski definition) is 7. The van der Waals surface area contributed by atoms with Crippen LogP contribution in [0.15, 0.2) is 83.0 Å². The predicted octanol–water partition coefficient (Wildman–Crippen LogP) is 5.24. The highest BCUT2D eigenvalue weighted by molar-refractivity contribution is 5.91. The van der Waals surface area contributed by atoms with E-state index in [4.69, 9.17) is 9.47 Å². The normalized spacial score (nSPS) is 10.6. The van der Waals surface area contributed by atoms with Gasteiger partial charge in [-0.1, -0.05) is 0 Å². The SMILES string of the molecule is COc1ccc(OC(=O)c2ccc(N=Nc3ccc([N+](=O)[O-])cc3)cc2)cc1. The van der Waals surface area contributed by atoms with E-state index >= 15 is 0 Å². The summed E-state index contributed by atoms with van der Waals surface area (Å²) in [5.74, 6) is 0.583. The Morgan fingerprint density at radius 1 is 0.821 bits per heavy atom. The Kier molecular flexibility index (Phi) is 5.71. The van der Waals surface area contributed by atoms with Gasteiger partial charge in [0.25, 0.3) is 5.69 Å². The fourth-order valence-corrected chi connectivity index (χ4v) is 2.23. The van der Waals surface area contributed by atoms with Gasteiger partial charge >= 0.3 is 5.97 Å². The van der Waals surface area contributed by atoms with Crippen molar-refractivity contribution in [3.8, 4) is 11.5 Å². The minimum atomic E-state index is -0.496. The first kappa shape index (κ1) is 18.7. The molecule has 0 amide bonds. The summed E-state index contributed by atoms with van der Waals surface area (Å²) >= 11 is 0. The zero-order chi connectivity index (χ0) is 19.9. The summed E-state index contributed by atoms with van der Waals surface area (Å²) in [6.45, 7) is 0. The molecule has 3 aromatic carbocycles. The third-order valence-electron chi connectivity index (χ3n) is 3.71. The number of azo groups is 1. The number of carbonyl (C=O) groups excluding carboxylic acids is 1. The molecule has 0 fully saturated rings. The first-order valence-corrected chi connectivity index (χ1v) is 8.17. The zero-order valence-electron chi connectivity index (χ0n) is 14.8. The average molecular weight is 377 g/mol. The molecule has 0 aliphatic heterocycles. The maximum Gasteiger partial charge on any atom is 0.343 e. The molecule has 3 aromatic rings. The van der Waals surface area contributed by atoms with Gasteiger partial charge in [-0.05, 0) is 60.7 Å². The fourth-order valence-electron chi connectivity index (χ4n) is 2.23. The molecule has 0 spiro atoms. The predicted molar refractivity (Wildman–Crippen MR) is 102 cm³/mol. The van der Waals surface area contributed by atoms with Gasteiger partial charge in [0.1, 0.15) is 11.5 Å². The second-order valence-corrected chi connectivity index (χ2v) is 5.59. The Balaban J connectivity index is 1.63. The van der Waals surface area contributed by atoms with Gasteiger partial charge in [0.2, 0.25) is 0 Å². The van der Waals surface area contributed by atoms with E-state index in [1.165, 1.54) is 24.3 Å². The molecule has 0 aromatic heterocycles. The number of nitro groups is 1. The van der Waals surface area contributed by atoms with E-state index in [1.54, 1.807) is 55.6 Å². The largest absolute Gasteiger partial charge is 0.497 e. The molecular weight excluding hydrogens is 362 g/mol. The molecule has 0 unspecified atom stereocenters. The van der Waals surface area contributed by atoms with Crippen LogP contribution in [-0.2, 0) is 0 Å². The van der Waals surface area contributed by atoms with Crippen LogP contribution in [0.2, 0.25) is 0 Å². The van der Waals surface area contributed by atoms with E-state index in [2.05, 4.69) is 10.2 Å². The smallest absolute Gasteiger partial charge is 0.343 e. The summed E-state index contributed by atoms with van der Waals surface area (Å²) in [6, 6.07) is 18.8. The molecule has 0 saturated heterocycles. The quantitative estimate of drug-likeness (QED) is 0.192. The van der Waals surface area contributed by atoms with Crippen molar-refractivity contribution in [3.63, 3.8) is 0 Å². The molecular formula is C20H15N3O5. The van der Waals surface area contributed by atoms with Gasteiger partial charge in [0, 0.05) is 12.1 Å². The summed E-state index contributed by atoms with van der Waals surface area (Å²) in [6.07, 6.45) is 0. The first-order chi connectivity index (χ1) is 13.5. The molecule has 0 heterocycles. The molecule has 0 N–H and O–H groups in total. The number of ether oxygens (including phenoxy) is 2. The molecule has 3 rings (SSSR count). The van der Waals surface area contributed by atoms with Crippen LogP contribution in [0.25, 0.3) is 0 Å². The number of methoxy groups -OCH3 is 1. The van der Waals surface area contributed by atoms with Crippen LogP contribution in [0.1, 0.15) is 10.4 Å². The molecule has 0 aliphatic rings. The van der Waals surface area contributed by atoms with Crippen LogP contribution in [-0.4, -0.2) is 18.0 Å². The van der Waals surface area contributed by atoms with Gasteiger partial charge < -0.3 is 9.47 Å². The number of carbonyl (C=O) groups is 1. The third kappa shape index (κ3) is 4.76. The topological polar surface area (TPSA) is 103 Å². The van der Waals surface area contributed by atoms with Crippen molar-refractivity contribution in [2.75, 3.05) is 7.11 Å². The lowest BCUT2D eigenvalue weighted by molar-refractivity contribution is -0.384. The van der Waals surface area contributed by atoms with E-state index in [-0.39, 0.29) is 5.69 Å². The lowest BCUT2D eigenvalue weighted by Gasteiger charge is -2.05. The zero-order valence-corrected chi connectivity index (χ0v) is 14.8. The Hall–Kier alpha value is -4.07. The molecule has 28 heavy (non-hydrogen) atoms. The van der Waals surface area contributed by atoms with Crippen LogP contribution in [0.3, 0.4) is 0 Å². The van der Waals surface area contributed by atoms with E-state index in [9.17, 15) is 14.9 Å². The fraction of sp³-hybridized carbons (Fsp3) is 0.0500.